The molecule has 0 unspecified atom stereocenters. The third kappa shape index (κ3) is 4.70. The zero-order valence-electron chi connectivity index (χ0n) is 22.3. The van der Waals surface area contributed by atoms with E-state index in [0.717, 1.165) is 32.1 Å². The Labute approximate surface area is 223 Å². The summed E-state index contributed by atoms with van der Waals surface area (Å²) in [6.45, 7) is 4.55. The van der Waals surface area contributed by atoms with Gasteiger partial charge in [0.15, 0.2) is 0 Å². The summed E-state index contributed by atoms with van der Waals surface area (Å²) in [7, 11) is 1.44. The lowest BCUT2D eigenvalue weighted by molar-refractivity contribution is -0.159. The molecule has 0 aromatic heterocycles. The Morgan fingerprint density at radius 3 is 2.45 bits per heavy atom. The maximum atomic E-state index is 13.6. The van der Waals surface area contributed by atoms with Crippen molar-refractivity contribution in [3.05, 3.63) is 23.3 Å². The van der Waals surface area contributed by atoms with Gasteiger partial charge in [0, 0.05) is 31.5 Å². The number of carboxylic acids is 1. The SMILES string of the molecule is COc1cc(C#N)c(O[C@H]2C[C@@](C)(C(=O)O)C2)cc1C(=O)N[C@@H]1[C@H]2CC[C@H](C2)[C@@H]1C(=O)NCC1(C)CCC1. The number of aliphatic carboxylic acids is 1. The van der Waals surface area contributed by atoms with Crippen LogP contribution in [0, 0.1) is 39.9 Å². The van der Waals surface area contributed by atoms with Crippen molar-refractivity contribution >= 4 is 17.8 Å². The first-order valence-corrected chi connectivity index (χ1v) is 13.7. The van der Waals surface area contributed by atoms with Crippen LogP contribution >= 0.6 is 0 Å². The topological polar surface area (TPSA) is 138 Å². The Kier molecular flexibility index (Phi) is 6.79. The van der Waals surface area contributed by atoms with Crippen molar-refractivity contribution in [3.8, 4) is 17.6 Å². The van der Waals surface area contributed by atoms with Gasteiger partial charge in [-0.05, 0) is 62.3 Å². The van der Waals surface area contributed by atoms with E-state index in [2.05, 4.69) is 23.6 Å². The highest BCUT2D eigenvalue weighted by Gasteiger charge is 2.52. The van der Waals surface area contributed by atoms with Gasteiger partial charge in [-0.3, -0.25) is 14.4 Å². The Balaban J connectivity index is 1.32. The van der Waals surface area contributed by atoms with Crippen LogP contribution in [-0.4, -0.2) is 48.7 Å². The predicted octanol–water partition coefficient (Wildman–Crippen LogP) is 3.65. The van der Waals surface area contributed by atoms with Gasteiger partial charge in [0.25, 0.3) is 5.91 Å². The summed E-state index contributed by atoms with van der Waals surface area (Å²) in [4.78, 5) is 38.3. The molecule has 3 N–H and O–H groups in total. The number of carbonyl (C=O) groups is 3. The van der Waals surface area contributed by atoms with E-state index in [1.165, 1.54) is 25.7 Å². The second kappa shape index (κ2) is 9.79. The van der Waals surface area contributed by atoms with Gasteiger partial charge >= 0.3 is 5.97 Å². The summed E-state index contributed by atoms with van der Waals surface area (Å²) in [6.07, 6.45) is 6.67. The molecule has 38 heavy (non-hydrogen) atoms. The first-order chi connectivity index (χ1) is 18.1. The minimum Gasteiger partial charge on any atom is -0.496 e. The van der Waals surface area contributed by atoms with Crippen molar-refractivity contribution in [1.82, 2.24) is 10.6 Å². The average Bonchev–Trinajstić information content (AvgIpc) is 3.46. The molecule has 0 saturated heterocycles. The molecule has 2 amide bonds. The van der Waals surface area contributed by atoms with Crippen LogP contribution in [-0.2, 0) is 9.59 Å². The fourth-order valence-electron chi connectivity index (χ4n) is 6.95. The van der Waals surface area contributed by atoms with E-state index in [1.54, 1.807) is 6.92 Å². The van der Waals surface area contributed by atoms with E-state index < -0.39 is 11.4 Å². The quantitative estimate of drug-likeness (QED) is 0.449. The van der Waals surface area contributed by atoms with Crippen molar-refractivity contribution in [1.29, 1.82) is 5.26 Å². The molecule has 9 heteroatoms. The van der Waals surface area contributed by atoms with Crippen molar-refractivity contribution in [3.63, 3.8) is 0 Å². The van der Waals surface area contributed by atoms with Crippen LogP contribution in [0.2, 0.25) is 0 Å². The standard InChI is InChI=1S/C29H37N3O6/c1-28(7-4-8-28)15-31-26(34)23-16-5-6-17(9-16)24(23)32-25(33)20-11-21(18(14-30)10-22(20)37-3)38-19-12-29(2,13-19)27(35)36/h10-11,16-17,19,23-24H,4-9,12-13,15H2,1-3H3,(H,31,34)(H,32,33)(H,35,36)/t16-,17+,19-,23+,24-,29+/m1/s1. The van der Waals surface area contributed by atoms with Gasteiger partial charge < -0.3 is 25.2 Å². The van der Waals surface area contributed by atoms with Crippen molar-refractivity contribution in [2.24, 2.45) is 28.6 Å². The van der Waals surface area contributed by atoms with Crippen LogP contribution < -0.4 is 20.1 Å². The van der Waals surface area contributed by atoms with Crippen LogP contribution in [0.1, 0.15) is 81.1 Å². The normalized spacial score (nSPS) is 32.3. The van der Waals surface area contributed by atoms with Crippen molar-refractivity contribution in [2.75, 3.05) is 13.7 Å². The van der Waals surface area contributed by atoms with Crippen LogP contribution in [0.3, 0.4) is 0 Å². The Morgan fingerprint density at radius 2 is 1.84 bits per heavy atom. The number of carbonyl (C=O) groups excluding carboxylic acids is 2. The lowest BCUT2D eigenvalue weighted by Gasteiger charge is -2.41. The fraction of sp³-hybridized carbons (Fsp3) is 0.655. The highest BCUT2D eigenvalue weighted by Crippen LogP contribution is 2.49. The Bertz CT molecular complexity index is 1180. The molecule has 9 nitrogen and oxygen atoms in total. The number of fused-ring (bicyclic) bond motifs is 2. The van der Waals surface area contributed by atoms with Gasteiger partial charge in [-0.15, -0.1) is 0 Å². The molecule has 4 fully saturated rings. The van der Waals surface area contributed by atoms with E-state index in [4.69, 9.17) is 9.47 Å². The lowest BCUT2D eigenvalue weighted by atomic mass is 9.68. The summed E-state index contributed by atoms with van der Waals surface area (Å²) in [6, 6.07) is 4.80. The molecule has 4 saturated carbocycles. The highest BCUT2D eigenvalue weighted by molar-refractivity contribution is 5.98. The number of nitrogens with one attached hydrogen (secondary N) is 2. The summed E-state index contributed by atoms with van der Waals surface area (Å²) >= 11 is 0. The van der Waals surface area contributed by atoms with E-state index >= 15 is 0 Å². The summed E-state index contributed by atoms with van der Waals surface area (Å²) in [5.41, 5.74) is -0.229. The molecule has 1 aromatic carbocycles. The average molecular weight is 524 g/mol. The molecule has 4 aliphatic rings. The van der Waals surface area contributed by atoms with E-state index in [-0.39, 0.29) is 69.8 Å². The number of hydrogen-bond acceptors (Lipinski definition) is 6. The number of amides is 2. The lowest BCUT2D eigenvalue weighted by Crippen LogP contribution is -2.51. The zero-order chi connectivity index (χ0) is 27.2. The minimum absolute atomic E-state index is 0.0258. The van der Waals surface area contributed by atoms with Gasteiger partial charge in [-0.1, -0.05) is 13.3 Å². The summed E-state index contributed by atoms with van der Waals surface area (Å²) < 4.78 is 11.4. The smallest absolute Gasteiger partial charge is 0.309 e. The molecule has 0 radical (unpaired) electrons. The zero-order valence-corrected chi connectivity index (χ0v) is 22.3. The molecule has 1 aromatic rings. The number of benzene rings is 1. The third-order valence-electron chi connectivity index (χ3n) is 9.60. The van der Waals surface area contributed by atoms with Crippen molar-refractivity contribution in [2.45, 2.75) is 77.4 Å². The predicted molar refractivity (Wildman–Crippen MR) is 138 cm³/mol. The highest BCUT2D eigenvalue weighted by atomic mass is 16.5. The second-order valence-electron chi connectivity index (χ2n) is 12.4. The number of rotatable bonds is 9. The Morgan fingerprint density at radius 1 is 1.13 bits per heavy atom. The number of hydrogen-bond donors (Lipinski definition) is 3. The van der Waals surface area contributed by atoms with Crippen molar-refractivity contribution < 1.29 is 29.0 Å². The largest absolute Gasteiger partial charge is 0.496 e. The molecule has 0 spiro atoms. The van der Waals surface area contributed by atoms with E-state index in [9.17, 15) is 24.8 Å². The number of methoxy groups -OCH3 is 1. The van der Waals surface area contributed by atoms with Crippen LogP contribution in [0.25, 0.3) is 0 Å². The molecular weight excluding hydrogens is 486 g/mol. The molecule has 204 valence electrons. The van der Waals surface area contributed by atoms with Gasteiger partial charge in [0.1, 0.15) is 23.7 Å². The number of carboxylic acid groups (broad SMARTS) is 1. The van der Waals surface area contributed by atoms with Gasteiger partial charge in [0.2, 0.25) is 5.91 Å². The molecule has 2 bridgehead atoms. The van der Waals surface area contributed by atoms with Gasteiger partial charge in [0.05, 0.1) is 29.6 Å². The molecule has 4 atom stereocenters. The number of nitriles is 1. The fourth-order valence-corrected chi connectivity index (χ4v) is 6.95. The maximum Gasteiger partial charge on any atom is 0.309 e. The van der Waals surface area contributed by atoms with E-state index in [1.807, 2.05) is 0 Å². The van der Waals surface area contributed by atoms with E-state index in [0.29, 0.717) is 19.4 Å². The number of nitrogens with zero attached hydrogens (tertiary/aromatic N) is 1. The third-order valence-corrected chi connectivity index (χ3v) is 9.60. The molecule has 5 rings (SSSR count). The van der Waals surface area contributed by atoms with Crippen LogP contribution in [0.5, 0.6) is 11.5 Å². The molecule has 0 aliphatic heterocycles. The van der Waals surface area contributed by atoms with Gasteiger partial charge in [-0.2, -0.15) is 5.26 Å². The van der Waals surface area contributed by atoms with Gasteiger partial charge in [-0.25, -0.2) is 0 Å². The molecular formula is C29H37N3O6. The second-order valence-corrected chi connectivity index (χ2v) is 12.4. The molecule has 4 aliphatic carbocycles. The maximum absolute atomic E-state index is 13.6. The summed E-state index contributed by atoms with van der Waals surface area (Å²) in [5.74, 6) is -0.487. The van der Waals surface area contributed by atoms with Crippen LogP contribution in [0.4, 0.5) is 0 Å². The van der Waals surface area contributed by atoms with Crippen LogP contribution in [0.15, 0.2) is 12.1 Å². The number of ether oxygens (including phenoxy) is 2. The first-order valence-electron chi connectivity index (χ1n) is 13.7. The minimum atomic E-state index is -0.876. The summed E-state index contributed by atoms with van der Waals surface area (Å²) in [5, 5.41) is 25.4. The monoisotopic (exact) mass is 523 g/mol. The first kappa shape index (κ1) is 26.3. The Hall–Kier alpha value is -3.28. The molecule has 0 heterocycles.